The Bertz CT molecular complexity index is 350. The van der Waals surface area contributed by atoms with Crippen LogP contribution in [-0.2, 0) is 7.05 Å². The fourth-order valence-corrected chi connectivity index (χ4v) is 1.79. The Hall–Kier alpha value is -1.16. The molecule has 0 radical (unpaired) electrons. The standard InChI is InChI=1S/C8H9N3S/c1-6-5-12-8(10-6)7-3-9-11(2)4-7/h3-5H,1-2H3. The fourth-order valence-electron chi connectivity index (χ4n) is 1.02. The summed E-state index contributed by atoms with van der Waals surface area (Å²) in [7, 11) is 1.91. The molecule has 0 atom stereocenters. The van der Waals surface area contributed by atoms with Gasteiger partial charge in [-0.25, -0.2) is 4.98 Å². The molecule has 0 saturated heterocycles. The Balaban J connectivity index is 2.43. The van der Waals surface area contributed by atoms with Crippen molar-refractivity contribution in [1.82, 2.24) is 14.8 Å². The number of thiazole rings is 1. The lowest BCUT2D eigenvalue weighted by Gasteiger charge is -1.85. The lowest BCUT2D eigenvalue weighted by Crippen LogP contribution is -1.84. The van der Waals surface area contributed by atoms with Crippen molar-refractivity contribution in [2.24, 2.45) is 7.05 Å². The zero-order valence-electron chi connectivity index (χ0n) is 6.98. The first-order valence-electron chi connectivity index (χ1n) is 3.67. The smallest absolute Gasteiger partial charge is 0.126 e. The third-order valence-corrected chi connectivity index (χ3v) is 2.58. The summed E-state index contributed by atoms with van der Waals surface area (Å²) in [5.41, 5.74) is 2.16. The first-order chi connectivity index (χ1) is 5.75. The van der Waals surface area contributed by atoms with E-state index < -0.39 is 0 Å². The monoisotopic (exact) mass is 179 g/mol. The second kappa shape index (κ2) is 2.71. The van der Waals surface area contributed by atoms with Gasteiger partial charge in [-0.2, -0.15) is 5.10 Å². The zero-order valence-corrected chi connectivity index (χ0v) is 7.80. The molecule has 0 aliphatic carbocycles. The second-order valence-corrected chi connectivity index (χ2v) is 3.55. The Morgan fingerprint density at radius 2 is 2.33 bits per heavy atom. The summed E-state index contributed by atoms with van der Waals surface area (Å²) in [6, 6.07) is 0. The van der Waals surface area contributed by atoms with Gasteiger partial charge in [-0.05, 0) is 6.92 Å². The van der Waals surface area contributed by atoms with Crippen LogP contribution in [0.2, 0.25) is 0 Å². The van der Waals surface area contributed by atoms with Crippen LogP contribution in [0.5, 0.6) is 0 Å². The molecule has 2 heterocycles. The van der Waals surface area contributed by atoms with E-state index in [1.54, 1.807) is 16.0 Å². The molecular formula is C8H9N3S. The highest BCUT2D eigenvalue weighted by atomic mass is 32.1. The van der Waals surface area contributed by atoms with Crippen molar-refractivity contribution < 1.29 is 0 Å². The quantitative estimate of drug-likeness (QED) is 0.669. The van der Waals surface area contributed by atoms with Gasteiger partial charge in [0.15, 0.2) is 0 Å². The van der Waals surface area contributed by atoms with E-state index in [0.29, 0.717) is 0 Å². The third-order valence-electron chi connectivity index (χ3n) is 1.57. The van der Waals surface area contributed by atoms with Crippen LogP contribution >= 0.6 is 11.3 Å². The minimum atomic E-state index is 1.04. The van der Waals surface area contributed by atoms with Crippen molar-refractivity contribution in [2.75, 3.05) is 0 Å². The van der Waals surface area contributed by atoms with E-state index >= 15 is 0 Å². The highest BCUT2D eigenvalue weighted by Gasteiger charge is 2.03. The van der Waals surface area contributed by atoms with E-state index in [4.69, 9.17) is 0 Å². The second-order valence-electron chi connectivity index (χ2n) is 2.70. The van der Waals surface area contributed by atoms with Gasteiger partial charge >= 0.3 is 0 Å². The van der Waals surface area contributed by atoms with Crippen LogP contribution < -0.4 is 0 Å². The highest BCUT2D eigenvalue weighted by Crippen LogP contribution is 2.22. The topological polar surface area (TPSA) is 30.7 Å². The average Bonchev–Trinajstić information content (AvgIpc) is 2.58. The van der Waals surface area contributed by atoms with Crippen molar-refractivity contribution in [3.05, 3.63) is 23.5 Å². The molecule has 0 unspecified atom stereocenters. The fraction of sp³-hybridized carbons (Fsp3) is 0.250. The van der Waals surface area contributed by atoms with Gasteiger partial charge < -0.3 is 0 Å². The average molecular weight is 179 g/mol. The molecule has 0 N–H and O–H groups in total. The molecule has 0 aromatic carbocycles. The molecule has 2 aromatic heterocycles. The molecule has 12 heavy (non-hydrogen) atoms. The molecule has 0 aliphatic heterocycles. The van der Waals surface area contributed by atoms with Crippen LogP contribution in [0.4, 0.5) is 0 Å². The number of hydrogen-bond acceptors (Lipinski definition) is 3. The van der Waals surface area contributed by atoms with Gasteiger partial charge in [-0.3, -0.25) is 4.68 Å². The van der Waals surface area contributed by atoms with Gasteiger partial charge in [0, 0.05) is 29.9 Å². The van der Waals surface area contributed by atoms with E-state index in [1.165, 1.54) is 0 Å². The summed E-state index contributed by atoms with van der Waals surface area (Å²) in [5, 5.41) is 7.17. The Labute approximate surface area is 74.7 Å². The van der Waals surface area contributed by atoms with Gasteiger partial charge in [0.25, 0.3) is 0 Å². The molecule has 2 rings (SSSR count). The van der Waals surface area contributed by atoms with Crippen molar-refractivity contribution >= 4 is 11.3 Å². The molecular weight excluding hydrogens is 170 g/mol. The van der Waals surface area contributed by atoms with Gasteiger partial charge in [0.1, 0.15) is 5.01 Å². The van der Waals surface area contributed by atoms with Crippen LogP contribution in [0.15, 0.2) is 17.8 Å². The van der Waals surface area contributed by atoms with Crippen LogP contribution in [-0.4, -0.2) is 14.8 Å². The predicted octanol–water partition coefficient (Wildman–Crippen LogP) is 1.85. The molecule has 0 spiro atoms. The van der Waals surface area contributed by atoms with Crippen molar-refractivity contribution in [3.8, 4) is 10.6 Å². The van der Waals surface area contributed by atoms with E-state index in [-0.39, 0.29) is 0 Å². The molecule has 3 nitrogen and oxygen atoms in total. The zero-order chi connectivity index (χ0) is 8.55. The normalized spacial score (nSPS) is 10.5. The third kappa shape index (κ3) is 1.25. The minimum Gasteiger partial charge on any atom is -0.275 e. The van der Waals surface area contributed by atoms with E-state index in [0.717, 1.165) is 16.3 Å². The summed E-state index contributed by atoms with van der Waals surface area (Å²) in [6.45, 7) is 2.00. The summed E-state index contributed by atoms with van der Waals surface area (Å²) in [6.07, 6.45) is 3.80. The molecule has 2 aromatic rings. The maximum Gasteiger partial charge on any atom is 0.126 e. The Morgan fingerprint density at radius 1 is 1.50 bits per heavy atom. The van der Waals surface area contributed by atoms with Gasteiger partial charge in [0.05, 0.1) is 6.20 Å². The highest BCUT2D eigenvalue weighted by molar-refractivity contribution is 7.13. The summed E-state index contributed by atoms with van der Waals surface area (Å²) < 4.78 is 1.78. The molecule has 62 valence electrons. The first-order valence-corrected chi connectivity index (χ1v) is 4.55. The number of nitrogens with zero attached hydrogens (tertiary/aromatic N) is 3. The summed E-state index contributed by atoms with van der Waals surface area (Å²) in [5.74, 6) is 0. The van der Waals surface area contributed by atoms with Crippen LogP contribution in [0.1, 0.15) is 5.69 Å². The molecule has 0 saturated carbocycles. The van der Waals surface area contributed by atoms with E-state index in [1.807, 2.05) is 31.7 Å². The van der Waals surface area contributed by atoms with Crippen molar-refractivity contribution in [1.29, 1.82) is 0 Å². The predicted molar refractivity (Wildman–Crippen MR) is 49.1 cm³/mol. The van der Waals surface area contributed by atoms with Crippen LogP contribution in [0.25, 0.3) is 10.6 Å². The SMILES string of the molecule is Cc1csc(-c2cnn(C)c2)n1. The van der Waals surface area contributed by atoms with Gasteiger partial charge in [-0.1, -0.05) is 0 Å². The lowest BCUT2D eigenvalue weighted by atomic mass is 10.4. The maximum absolute atomic E-state index is 4.36. The number of aryl methyl sites for hydroxylation is 2. The minimum absolute atomic E-state index is 1.04. The summed E-state index contributed by atoms with van der Waals surface area (Å²) in [4.78, 5) is 4.36. The van der Waals surface area contributed by atoms with Gasteiger partial charge in [0.2, 0.25) is 0 Å². The molecule has 0 aliphatic rings. The Morgan fingerprint density at radius 3 is 2.83 bits per heavy atom. The van der Waals surface area contributed by atoms with Crippen LogP contribution in [0.3, 0.4) is 0 Å². The van der Waals surface area contributed by atoms with E-state index in [9.17, 15) is 0 Å². The van der Waals surface area contributed by atoms with Crippen molar-refractivity contribution in [3.63, 3.8) is 0 Å². The Kier molecular flexibility index (Phi) is 1.69. The van der Waals surface area contributed by atoms with Gasteiger partial charge in [-0.15, -0.1) is 11.3 Å². The molecule has 0 fully saturated rings. The number of aromatic nitrogens is 3. The van der Waals surface area contributed by atoms with Crippen LogP contribution in [0, 0.1) is 6.92 Å². The van der Waals surface area contributed by atoms with Crippen molar-refractivity contribution in [2.45, 2.75) is 6.92 Å². The molecule has 0 bridgehead atoms. The first kappa shape index (κ1) is 7.49. The lowest BCUT2D eigenvalue weighted by molar-refractivity contribution is 0.768. The number of rotatable bonds is 1. The molecule has 4 heteroatoms. The van der Waals surface area contributed by atoms with E-state index in [2.05, 4.69) is 10.1 Å². The largest absolute Gasteiger partial charge is 0.275 e. The molecule has 0 amide bonds. The maximum atomic E-state index is 4.36. The number of hydrogen-bond donors (Lipinski definition) is 0. The summed E-state index contributed by atoms with van der Waals surface area (Å²) >= 11 is 1.65.